The molecule has 0 spiro atoms. The van der Waals surface area contributed by atoms with Crippen molar-refractivity contribution in [1.82, 2.24) is 10.8 Å². The lowest BCUT2D eigenvalue weighted by Crippen LogP contribution is -2.25. The van der Waals surface area contributed by atoms with Gasteiger partial charge in [0, 0.05) is 31.6 Å². The lowest BCUT2D eigenvalue weighted by atomic mass is 9.83. The number of hydrogen-bond acceptors (Lipinski definition) is 4. The third-order valence-electron chi connectivity index (χ3n) is 5.74. The molecule has 1 aliphatic heterocycles. The Hall–Kier alpha value is -2.26. The summed E-state index contributed by atoms with van der Waals surface area (Å²) in [6.07, 6.45) is 16.7. The zero-order valence-corrected chi connectivity index (χ0v) is 45.3. The van der Waals surface area contributed by atoms with Crippen LogP contribution < -0.4 is 10.8 Å². The second-order valence-electron chi connectivity index (χ2n) is 10.1. The monoisotopic (exact) mass is 826 g/mol. The van der Waals surface area contributed by atoms with Crippen LogP contribution in [-0.4, -0.2) is 32.4 Å². The standard InChI is InChI=1S/C21H33N2OP.C7H11N.2C3H8.8C2H6.C2H4/c1-15-12-19(8-9-20(25)13-15)17(3)21-16(2)14-22-10-6-5-7-11-23-24-18(21)4;1-5-7(8-4)6(2)3;2*1-3-2;9*1-2/h8-9,12-13,17,19,22-23H,4-7,10-11,14,25H2,1-3H3;5H,1-2H2,3-4H3;2*3H2,1-2H3;8*1-2H3;1-2H2/b21-16-;;;;;;;;;;;;. The Bertz CT molecular complexity index is 893. The van der Waals surface area contributed by atoms with Gasteiger partial charge in [0.1, 0.15) is 5.76 Å². The smallest absolute Gasteiger partial charge is 0.143 e. The Labute approximate surface area is 367 Å². The fraction of sp³-hybridized carbons (Fsp3) is 0.673. The molecule has 4 nitrogen and oxygen atoms in total. The molecule has 0 fully saturated rings. The number of rotatable bonds is 4. The highest BCUT2D eigenvalue weighted by atomic mass is 31.0. The van der Waals surface area contributed by atoms with Crippen LogP contribution in [0.3, 0.4) is 0 Å². The van der Waals surface area contributed by atoms with Crippen molar-refractivity contribution < 1.29 is 4.84 Å². The van der Waals surface area contributed by atoms with E-state index in [2.05, 4.69) is 131 Å². The van der Waals surface area contributed by atoms with Gasteiger partial charge in [0.15, 0.2) is 0 Å². The Morgan fingerprint density at radius 3 is 1.58 bits per heavy atom. The zero-order chi connectivity index (χ0) is 48.2. The van der Waals surface area contributed by atoms with E-state index in [9.17, 15) is 0 Å². The predicted octanol–water partition coefficient (Wildman–Crippen LogP) is 18.3. The highest BCUT2D eigenvalue weighted by molar-refractivity contribution is 7.22. The van der Waals surface area contributed by atoms with Crippen LogP contribution in [0.5, 0.6) is 0 Å². The highest BCUT2D eigenvalue weighted by Gasteiger charge is 2.23. The first-order valence-electron chi connectivity index (χ1n) is 23.1. The Kier molecular flexibility index (Phi) is 124. The molecule has 57 heavy (non-hydrogen) atoms. The SMILES string of the molecule is C=C.C=C1ONCCCCCNC/C(C)=C\1C(C)C1C=CC(P)=CC(C)=C1.C=CC(=NC)C(=C)C.CC.CC.CC.CC.CC.CC.CC.CC.CCC.CCC. The molecule has 1 aliphatic carbocycles. The van der Waals surface area contributed by atoms with Crippen LogP contribution in [0.4, 0.5) is 0 Å². The molecule has 0 aromatic heterocycles. The van der Waals surface area contributed by atoms with Crippen molar-refractivity contribution in [3.8, 4) is 0 Å². The van der Waals surface area contributed by atoms with Gasteiger partial charge in [-0.25, -0.2) is 0 Å². The summed E-state index contributed by atoms with van der Waals surface area (Å²) in [4.78, 5) is 9.70. The van der Waals surface area contributed by atoms with Crippen LogP contribution in [0, 0.1) is 11.8 Å². The summed E-state index contributed by atoms with van der Waals surface area (Å²) in [7, 11) is 4.52. The summed E-state index contributed by atoms with van der Waals surface area (Å²) >= 11 is 0. The molecule has 0 radical (unpaired) electrons. The Balaban J connectivity index is -0.0000000610. The molecule has 2 aliphatic rings. The highest BCUT2D eigenvalue weighted by Crippen LogP contribution is 2.33. The molecule has 0 amide bonds. The third kappa shape index (κ3) is 65.9. The van der Waals surface area contributed by atoms with Crippen molar-refractivity contribution in [2.75, 3.05) is 26.7 Å². The van der Waals surface area contributed by atoms with E-state index in [-0.39, 0.29) is 0 Å². The predicted molar refractivity (Wildman–Crippen MR) is 283 cm³/mol. The molecule has 0 bridgehead atoms. The lowest BCUT2D eigenvalue weighted by molar-refractivity contribution is 0.107. The molecule has 1 heterocycles. The van der Waals surface area contributed by atoms with Gasteiger partial charge in [-0.3, -0.25) is 4.99 Å². The van der Waals surface area contributed by atoms with Crippen molar-refractivity contribution in [1.29, 1.82) is 0 Å². The number of hydrogen-bond donors (Lipinski definition) is 2. The van der Waals surface area contributed by atoms with Gasteiger partial charge in [-0.1, -0.05) is 220 Å². The first-order chi connectivity index (χ1) is 27.5. The molecule has 3 atom stereocenters. The van der Waals surface area contributed by atoms with E-state index in [1.807, 2.05) is 118 Å². The van der Waals surface area contributed by atoms with Crippen LogP contribution in [0.15, 0.2) is 102 Å². The molecule has 3 unspecified atom stereocenters. The molecule has 0 saturated heterocycles. The second-order valence-corrected chi connectivity index (χ2v) is 10.8. The minimum Gasteiger partial charge on any atom is -0.409 e. The van der Waals surface area contributed by atoms with Crippen LogP contribution in [0.25, 0.3) is 0 Å². The molecule has 0 aromatic carbocycles. The topological polar surface area (TPSA) is 45.6 Å². The van der Waals surface area contributed by atoms with Crippen molar-refractivity contribution in [2.24, 2.45) is 16.8 Å². The van der Waals surface area contributed by atoms with Gasteiger partial charge in [0.05, 0.1) is 5.71 Å². The maximum absolute atomic E-state index is 5.80. The molecule has 5 heteroatoms. The van der Waals surface area contributed by atoms with Crippen LogP contribution in [0.2, 0.25) is 0 Å². The lowest BCUT2D eigenvalue weighted by Gasteiger charge is -2.26. The molecule has 0 aromatic rings. The summed E-state index contributed by atoms with van der Waals surface area (Å²) in [5.41, 5.74) is 8.74. The van der Waals surface area contributed by atoms with Crippen LogP contribution in [-0.2, 0) is 4.84 Å². The van der Waals surface area contributed by atoms with Crippen LogP contribution in [0.1, 0.15) is 198 Å². The molecule has 0 saturated carbocycles. The van der Waals surface area contributed by atoms with Crippen molar-refractivity contribution >= 4 is 15.0 Å². The first kappa shape index (κ1) is 82.6. The van der Waals surface area contributed by atoms with E-state index in [1.54, 1.807) is 13.1 Å². The van der Waals surface area contributed by atoms with Gasteiger partial charge in [-0.05, 0) is 63.0 Å². The van der Waals surface area contributed by atoms with E-state index in [0.29, 0.717) is 11.8 Å². The van der Waals surface area contributed by atoms with Crippen molar-refractivity contribution in [3.05, 3.63) is 96.6 Å². The Morgan fingerprint density at radius 2 is 1.23 bits per heavy atom. The van der Waals surface area contributed by atoms with E-state index in [0.717, 1.165) is 43.1 Å². The number of allylic oxidation sites excluding steroid dienone is 9. The Morgan fingerprint density at radius 1 is 0.825 bits per heavy atom. The number of nitrogens with one attached hydrogen (secondary N) is 2. The van der Waals surface area contributed by atoms with Crippen LogP contribution >= 0.6 is 9.24 Å². The maximum Gasteiger partial charge on any atom is 0.143 e. The molecule has 2 rings (SSSR count). The van der Waals surface area contributed by atoms with E-state index in [4.69, 9.17) is 4.84 Å². The number of aliphatic imine (C=N–C) groups is 1. The van der Waals surface area contributed by atoms with E-state index in [1.165, 1.54) is 47.7 Å². The fourth-order valence-electron chi connectivity index (χ4n) is 3.97. The average molecular weight is 826 g/mol. The summed E-state index contributed by atoms with van der Waals surface area (Å²) in [6.45, 7) is 69.3. The van der Waals surface area contributed by atoms with Gasteiger partial charge >= 0.3 is 0 Å². The van der Waals surface area contributed by atoms with Gasteiger partial charge in [0.2, 0.25) is 0 Å². The molecule has 346 valence electrons. The van der Waals surface area contributed by atoms with Gasteiger partial charge in [-0.15, -0.1) is 22.4 Å². The number of nitrogens with zero attached hydrogens (tertiary/aromatic N) is 1. The van der Waals surface area contributed by atoms with Gasteiger partial charge in [-0.2, -0.15) is 5.48 Å². The quantitative estimate of drug-likeness (QED) is 0.169. The molecule has 2 N–H and O–H groups in total. The van der Waals surface area contributed by atoms with Crippen molar-refractivity contribution in [3.63, 3.8) is 0 Å². The fourth-order valence-corrected chi connectivity index (χ4v) is 4.34. The second kappa shape index (κ2) is 85.8. The van der Waals surface area contributed by atoms with E-state index < -0.39 is 0 Å². The summed E-state index contributed by atoms with van der Waals surface area (Å²) in [5.74, 6) is 1.37. The zero-order valence-electron chi connectivity index (χ0n) is 44.2. The maximum atomic E-state index is 5.80. The normalized spacial score (nSPS) is 15.4. The summed E-state index contributed by atoms with van der Waals surface area (Å²) in [6, 6.07) is 0. The molecular weight excluding hydrogens is 714 g/mol. The average Bonchev–Trinajstić information content (AvgIpc) is 3.44. The first-order valence-corrected chi connectivity index (χ1v) is 23.7. The minimum absolute atomic E-state index is 0.301. The largest absolute Gasteiger partial charge is 0.409 e. The van der Waals surface area contributed by atoms with Crippen molar-refractivity contribution in [2.45, 2.75) is 198 Å². The van der Waals surface area contributed by atoms with Gasteiger partial charge in [0.25, 0.3) is 0 Å². The minimum atomic E-state index is 0.301. The van der Waals surface area contributed by atoms with Gasteiger partial charge < -0.3 is 10.2 Å². The number of hydroxylamine groups is 1. The third-order valence-corrected chi connectivity index (χ3v) is 6.10. The summed E-state index contributed by atoms with van der Waals surface area (Å²) < 4.78 is 0. The molecular formula is C52H112N3OP. The van der Waals surface area contributed by atoms with E-state index >= 15 is 0 Å². The summed E-state index contributed by atoms with van der Waals surface area (Å²) in [5, 5.41) is 4.78.